The first-order chi connectivity index (χ1) is 8.27. The van der Waals surface area contributed by atoms with E-state index < -0.39 is 11.4 Å². The van der Waals surface area contributed by atoms with Crippen LogP contribution in [-0.2, 0) is 11.4 Å². The molecule has 3 nitrogen and oxygen atoms in total. The largest absolute Gasteiger partial charge is 0.597 e. The van der Waals surface area contributed by atoms with Gasteiger partial charge in [0.2, 0.25) is 0 Å². The van der Waals surface area contributed by atoms with Gasteiger partial charge < -0.3 is 4.55 Å². The number of aromatic nitrogens is 1. The fraction of sp³-hybridized carbons (Fsp3) is 0.615. The lowest BCUT2D eigenvalue weighted by molar-refractivity contribution is 0.354. The summed E-state index contributed by atoms with van der Waals surface area (Å²) in [4.78, 5) is 4.13. The van der Waals surface area contributed by atoms with Crippen molar-refractivity contribution in [1.82, 2.24) is 9.29 Å². The van der Waals surface area contributed by atoms with E-state index in [4.69, 9.17) is 0 Å². The van der Waals surface area contributed by atoms with Gasteiger partial charge in [0.25, 0.3) is 0 Å². The first-order valence-corrected chi connectivity index (χ1v) is 7.93. The van der Waals surface area contributed by atoms with Gasteiger partial charge in [-0.3, -0.25) is 0 Å². The Hall–Kier alpha value is -0.100. The van der Waals surface area contributed by atoms with E-state index in [2.05, 4.69) is 27.8 Å². The molecule has 1 aromatic heterocycles. The van der Waals surface area contributed by atoms with Crippen molar-refractivity contribution in [2.24, 2.45) is 0 Å². The second-order valence-electron chi connectivity index (χ2n) is 5.24. The molecule has 0 bridgehead atoms. The molecule has 0 radical (unpaired) electrons. The van der Waals surface area contributed by atoms with Crippen LogP contribution in [0.5, 0.6) is 0 Å². The number of rotatable bonds is 4. The molecule has 18 heavy (non-hydrogen) atoms. The van der Waals surface area contributed by atoms with Crippen LogP contribution in [0.15, 0.2) is 22.9 Å². The topological polar surface area (TPSA) is 39.2 Å². The van der Waals surface area contributed by atoms with E-state index in [1.165, 1.54) is 0 Å². The Morgan fingerprint density at radius 3 is 2.56 bits per heavy atom. The van der Waals surface area contributed by atoms with Crippen LogP contribution in [0.3, 0.4) is 0 Å². The molecule has 1 rings (SSSR count). The fourth-order valence-corrected chi connectivity index (χ4v) is 3.62. The summed E-state index contributed by atoms with van der Waals surface area (Å²) in [5.74, 6) is 0. The first kappa shape index (κ1) is 16.0. The van der Waals surface area contributed by atoms with Crippen LogP contribution in [0, 0.1) is 0 Å². The maximum atomic E-state index is 12.4. The highest BCUT2D eigenvalue weighted by molar-refractivity contribution is 9.10. The van der Waals surface area contributed by atoms with Crippen molar-refractivity contribution in [3.63, 3.8) is 0 Å². The Morgan fingerprint density at radius 1 is 1.50 bits per heavy atom. The molecular formula is C13H21BrN2OS. The molecule has 0 aliphatic heterocycles. The predicted molar refractivity (Wildman–Crippen MR) is 80.6 cm³/mol. The number of hydrogen-bond acceptors (Lipinski definition) is 3. The van der Waals surface area contributed by atoms with Gasteiger partial charge in [-0.15, -0.1) is 4.31 Å². The van der Waals surface area contributed by atoms with E-state index in [0.717, 1.165) is 16.6 Å². The minimum Gasteiger partial charge on any atom is -0.597 e. The summed E-state index contributed by atoms with van der Waals surface area (Å²) in [6.07, 6.45) is 2.69. The van der Waals surface area contributed by atoms with Crippen molar-refractivity contribution in [3.8, 4) is 0 Å². The lowest BCUT2D eigenvalue weighted by Gasteiger charge is -2.34. The molecule has 0 amide bonds. The summed E-state index contributed by atoms with van der Waals surface area (Å²) < 4.78 is 14.9. The molecule has 5 heteroatoms. The lowest BCUT2D eigenvalue weighted by Crippen LogP contribution is -2.42. The molecular weight excluding hydrogens is 312 g/mol. The smallest absolute Gasteiger partial charge is 0.137 e. The van der Waals surface area contributed by atoms with E-state index in [1.807, 2.05) is 44.3 Å². The zero-order valence-corrected chi connectivity index (χ0v) is 14.0. The maximum Gasteiger partial charge on any atom is 0.137 e. The Morgan fingerprint density at radius 2 is 2.11 bits per heavy atom. The molecule has 0 saturated heterocycles. The Balaban J connectivity index is 2.97. The summed E-state index contributed by atoms with van der Waals surface area (Å²) in [6.45, 7) is 8.09. The van der Waals surface area contributed by atoms with Crippen molar-refractivity contribution < 1.29 is 4.55 Å². The van der Waals surface area contributed by atoms with Gasteiger partial charge in [0.15, 0.2) is 0 Å². The summed E-state index contributed by atoms with van der Waals surface area (Å²) >= 11 is 2.36. The molecule has 0 aliphatic carbocycles. The predicted octanol–water partition coefficient (Wildman–Crippen LogP) is 3.69. The van der Waals surface area contributed by atoms with Crippen molar-refractivity contribution >= 4 is 27.3 Å². The molecule has 0 N–H and O–H groups in total. The minimum absolute atomic E-state index is 0.143. The molecule has 1 aromatic rings. The molecule has 0 unspecified atom stereocenters. The van der Waals surface area contributed by atoms with Crippen molar-refractivity contribution in [2.45, 2.75) is 44.9 Å². The summed E-state index contributed by atoms with van der Waals surface area (Å²) in [5, 5.41) is 0. The van der Waals surface area contributed by atoms with Crippen LogP contribution in [0.2, 0.25) is 0 Å². The second kappa shape index (κ2) is 6.37. The SMILES string of the molecule is CC[C@@H](c1ccnc(Br)c1)N(C)[S@+]([O-])C(C)(C)C. The second-order valence-corrected chi connectivity index (χ2v) is 8.36. The van der Waals surface area contributed by atoms with Crippen molar-refractivity contribution in [3.05, 3.63) is 28.5 Å². The highest BCUT2D eigenvalue weighted by Gasteiger charge is 2.35. The highest BCUT2D eigenvalue weighted by atomic mass is 79.9. The standard InChI is InChI=1S/C13H21BrN2OS/c1-6-11(10-7-8-15-12(14)9-10)16(5)18(17)13(2,3)4/h7-9,11H,6H2,1-5H3/t11-,18+/m0/s1. The van der Waals surface area contributed by atoms with E-state index in [9.17, 15) is 4.55 Å². The van der Waals surface area contributed by atoms with E-state index in [1.54, 1.807) is 6.20 Å². The van der Waals surface area contributed by atoms with Crippen LogP contribution in [-0.4, -0.2) is 25.6 Å². The molecule has 0 aromatic carbocycles. The van der Waals surface area contributed by atoms with E-state index in [0.29, 0.717) is 0 Å². The quantitative estimate of drug-likeness (QED) is 0.623. The third-order valence-corrected chi connectivity index (χ3v) is 5.01. The van der Waals surface area contributed by atoms with Gasteiger partial charge in [0.1, 0.15) is 9.35 Å². The molecule has 0 aliphatic rings. The van der Waals surface area contributed by atoms with Crippen LogP contribution in [0.25, 0.3) is 0 Å². The number of pyridine rings is 1. The van der Waals surface area contributed by atoms with Gasteiger partial charge in [-0.25, -0.2) is 4.98 Å². The van der Waals surface area contributed by atoms with Crippen LogP contribution in [0.1, 0.15) is 45.7 Å². The van der Waals surface area contributed by atoms with Gasteiger partial charge in [0.05, 0.1) is 6.04 Å². The van der Waals surface area contributed by atoms with Gasteiger partial charge in [-0.1, -0.05) is 6.92 Å². The lowest BCUT2D eigenvalue weighted by atomic mass is 10.1. The third-order valence-electron chi connectivity index (χ3n) is 2.75. The normalized spacial score (nSPS) is 15.8. The van der Waals surface area contributed by atoms with Gasteiger partial charge in [-0.05, 0) is 60.8 Å². The van der Waals surface area contributed by atoms with Crippen LogP contribution >= 0.6 is 15.9 Å². The molecule has 0 saturated carbocycles. The van der Waals surface area contributed by atoms with Gasteiger partial charge in [-0.2, -0.15) is 0 Å². The van der Waals surface area contributed by atoms with Crippen LogP contribution in [0.4, 0.5) is 0 Å². The van der Waals surface area contributed by atoms with E-state index in [-0.39, 0.29) is 10.8 Å². The zero-order chi connectivity index (χ0) is 13.9. The number of halogens is 1. The third kappa shape index (κ3) is 3.95. The van der Waals surface area contributed by atoms with Gasteiger partial charge in [0, 0.05) is 24.6 Å². The Bertz CT molecular complexity index is 395. The molecule has 2 atom stereocenters. The molecule has 1 heterocycles. The van der Waals surface area contributed by atoms with E-state index >= 15 is 0 Å². The average molecular weight is 333 g/mol. The summed E-state index contributed by atoms with van der Waals surface area (Å²) in [6, 6.07) is 4.11. The molecule has 0 fully saturated rings. The first-order valence-electron chi connectivity index (χ1n) is 6.03. The van der Waals surface area contributed by atoms with Crippen molar-refractivity contribution in [1.29, 1.82) is 0 Å². The van der Waals surface area contributed by atoms with Crippen LogP contribution < -0.4 is 0 Å². The Labute approximate surface area is 121 Å². The summed E-state index contributed by atoms with van der Waals surface area (Å²) in [7, 11) is 1.92. The fourth-order valence-electron chi connectivity index (χ4n) is 1.87. The molecule has 0 spiro atoms. The number of hydrogen-bond donors (Lipinski definition) is 0. The Kier molecular flexibility index (Phi) is 5.65. The zero-order valence-electron chi connectivity index (χ0n) is 11.6. The average Bonchev–Trinajstić information content (AvgIpc) is 2.27. The summed E-state index contributed by atoms with van der Waals surface area (Å²) in [5.41, 5.74) is 1.14. The monoisotopic (exact) mass is 332 g/mol. The minimum atomic E-state index is -1.02. The number of nitrogens with zero attached hydrogens (tertiary/aromatic N) is 2. The van der Waals surface area contributed by atoms with Crippen molar-refractivity contribution in [2.75, 3.05) is 7.05 Å². The maximum absolute atomic E-state index is 12.4. The molecule has 102 valence electrons. The highest BCUT2D eigenvalue weighted by Crippen LogP contribution is 2.31. The van der Waals surface area contributed by atoms with Gasteiger partial charge >= 0.3 is 0 Å².